The van der Waals surface area contributed by atoms with Crippen molar-refractivity contribution in [3.05, 3.63) is 52.3 Å². The number of hydrogen-bond acceptors (Lipinski definition) is 4. The molecule has 0 fully saturated rings. The van der Waals surface area contributed by atoms with Gasteiger partial charge in [0.25, 0.3) is 0 Å². The molecule has 0 saturated heterocycles. The highest BCUT2D eigenvalue weighted by Crippen LogP contribution is 2.44. The van der Waals surface area contributed by atoms with Crippen molar-refractivity contribution in [1.29, 1.82) is 0 Å². The van der Waals surface area contributed by atoms with E-state index < -0.39 is 0 Å². The number of halogens is 1. The number of thioether (sulfide) groups is 1. The van der Waals surface area contributed by atoms with Gasteiger partial charge in [-0.05, 0) is 24.6 Å². The lowest BCUT2D eigenvalue weighted by molar-refractivity contribution is -0.113. The van der Waals surface area contributed by atoms with E-state index in [9.17, 15) is 4.79 Å². The van der Waals surface area contributed by atoms with Crippen LogP contribution in [0.4, 0.5) is 5.82 Å². The number of carbonyl (C=O) groups excluding carboxylic acids is 1. The molecule has 0 radical (unpaired) electrons. The Bertz CT molecular complexity index is 902. The zero-order valence-corrected chi connectivity index (χ0v) is 14.3. The summed E-state index contributed by atoms with van der Waals surface area (Å²) in [5, 5.41) is 18.0. The number of hydrogen-bond donors (Lipinski definition) is 3. The smallest absolute Gasteiger partial charge is 0.235 e. The fourth-order valence-electron chi connectivity index (χ4n) is 2.85. The third-order valence-electron chi connectivity index (χ3n) is 3.98. The monoisotopic (exact) mass is 359 g/mol. The number of amides is 1. The number of nitrogens with zero attached hydrogens (tertiary/aromatic N) is 2. The molecule has 0 bridgehead atoms. The van der Waals surface area contributed by atoms with Crippen LogP contribution in [0.15, 0.2) is 30.5 Å². The van der Waals surface area contributed by atoms with Gasteiger partial charge in [-0.2, -0.15) is 10.2 Å². The zero-order chi connectivity index (χ0) is 16.7. The minimum absolute atomic E-state index is 0.0397. The van der Waals surface area contributed by atoms with Crippen LogP contribution in [0.1, 0.15) is 22.1 Å². The summed E-state index contributed by atoms with van der Waals surface area (Å²) in [5.74, 6) is 0.911. The van der Waals surface area contributed by atoms with Crippen LogP contribution < -0.4 is 5.32 Å². The summed E-state index contributed by atoms with van der Waals surface area (Å²) in [5.41, 5.74) is 4.86. The lowest BCUT2D eigenvalue weighted by Crippen LogP contribution is -2.12. The standard InChI is InChI=1S/C16H14ClN5OS/c1-8-13-15(24-7-12(23)19-16(13)22-20-8)11-6-18-21-14(11)9-2-4-10(17)5-3-9/h2-6,15H,7H2,1H3,(H,18,21)(H2,19,20,22,23). The zero-order valence-electron chi connectivity index (χ0n) is 12.8. The van der Waals surface area contributed by atoms with Gasteiger partial charge in [0.05, 0.1) is 22.9 Å². The van der Waals surface area contributed by atoms with Crippen molar-refractivity contribution in [2.75, 3.05) is 11.1 Å². The number of aromatic nitrogens is 4. The molecule has 0 aliphatic carbocycles. The minimum atomic E-state index is -0.0493. The van der Waals surface area contributed by atoms with Crippen molar-refractivity contribution in [3.8, 4) is 11.3 Å². The van der Waals surface area contributed by atoms with E-state index in [-0.39, 0.29) is 11.2 Å². The van der Waals surface area contributed by atoms with Crippen molar-refractivity contribution in [2.45, 2.75) is 12.2 Å². The molecule has 122 valence electrons. The summed E-state index contributed by atoms with van der Waals surface area (Å²) >= 11 is 7.55. The fourth-order valence-corrected chi connectivity index (χ4v) is 4.18. The van der Waals surface area contributed by atoms with Gasteiger partial charge in [-0.15, -0.1) is 11.8 Å². The molecule has 1 aliphatic heterocycles. The Morgan fingerprint density at radius 3 is 2.83 bits per heavy atom. The highest BCUT2D eigenvalue weighted by atomic mass is 35.5. The molecule has 3 aromatic rings. The summed E-state index contributed by atoms with van der Waals surface area (Å²) in [6, 6.07) is 7.60. The molecule has 1 amide bonds. The molecule has 2 aromatic heterocycles. The molecular weight excluding hydrogens is 346 g/mol. The van der Waals surface area contributed by atoms with Gasteiger partial charge in [-0.25, -0.2) is 0 Å². The molecule has 3 heterocycles. The predicted molar refractivity (Wildman–Crippen MR) is 95.3 cm³/mol. The number of fused-ring (bicyclic) bond motifs is 1. The van der Waals surface area contributed by atoms with Crippen LogP contribution in [0.5, 0.6) is 0 Å². The Morgan fingerprint density at radius 2 is 2.04 bits per heavy atom. The van der Waals surface area contributed by atoms with Gasteiger partial charge in [0.1, 0.15) is 0 Å². The number of aryl methyl sites for hydroxylation is 1. The summed E-state index contributed by atoms with van der Waals surface area (Å²) in [6.07, 6.45) is 1.81. The number of carbonyl (C=O) groups is 1. The maximum absolute atomic E-state index is 11.9. The van der Waals surface area contributed by atoms with Gasteiger partial charge in [0.2, 0.25) is 5.91 Å². The van der Waals surface area contributed by atoms with Crippen molar-refractivity contribution >= 4 is 35.1 Å². The Labute approximate surface area is 147 Å². The maximum atomic E-state index is 11.9. The lowest BCUT2D eigenvalue weighted by atomic mass is 10.0. The van der Waals surface area contributed by atoms with E-state index in [1.54, 1.807) is 11.8 Å². The SMILES string of the molecule is Cc1[nH]nc2c1C(c1cn[nH]c1-c1ccc(Cl)cc1)SCC(=O)N2. The van der Waals surface area contributed by atoms with Gasteiger partial charge in [-0.3, -0.25) is 15.0 Å². The van der Waals surface area contributed by atoms with E-state index in [0.29, 0.717) is 16.6 Å². The maximum Gasteiger partial charge on any atom is 0.235 e. The number of H-pyrrole nitrogens is 2. The Kier molecular flexibility index (Phi) is 3.82. The first kappa shape index (κ1) is 15.3. The van der Waals surface area contributed by atoms with Crippen LogP contribution in [0.25, 0.3) is 11.3 Å². The molecule has 8 heteroatoms. The normalized spacial score (nSPS) is 17.2. The minimum Gasteiger partial charge on any atom is -0.308 e. The number of benzene rings is 1. The van der Waals surface area contributed by atoms with Crippen molar-refractivity contribution in [1.82, 2.24) is 20.4 Å². The first-order valence-electron chi connectivity index (χ1n) is 7.39. The second kappa shape index (κ2) is 5.99. The van der Waals surface area contributed by atoms with Crippen molar-refractivity contribution in [3.63, 3.8) is 0 Å². The van der Waals surface area contributed by atoms with Crippen LogP contribution in [-0.2, 0) is 4.79 Å². The number of rotatable bonds is 2. The van der Waals surface area contributed by atoms with Crippen LogP contribution in [-0.4, -0.2) is 32.1 Å². The third kappa shape index (κ3) is 2.59. The van der Waals surface area contributed by atoms with Crippen molar-refractivity contribution < 1.29 is 4.79 Å². The second-order valence-electron chi connectivity index (χ2n) is 5.56. The average Bonchev–Trinajstić information content (AvgIpc) is 3.14. The number of nitrogens with one attached hydrogen (secondary N) is 3. The predicted octanol–water partition coefficient (Wildman–Crippen LogP) is 3.54. The molecule has 1 aliphatic rings. The Hall–Kier alpha value is -2.25. The van der Waals surface area contributed by atoms with E-state index in [0.717, 1.165) is 28.1 Å². The summed E-state index contributed by atoms with van der Waals surface area (Å²) in [4.78, 5) is 11.9. The fraction of sp³-hybridized carbons (Fsp3) is 0.188. The van der Waals surface area contributed by atoms with Crippen LogP contribution in [0.2, 0.25) is 5.02 Å². The molecule has 6 nitrogen and oxygen atoms in total. The number of aromatic amines is 2. The summed E-state index contributed by atoms with van der Waals surface area (Å²) in [7, 11) is 0. The summed E-state index contributed by atoms with van der Waals surface area (Å²) < 4.78 is 0. The van der Waals surface area contributed by atoms with Gasteiger partial charge >= 0.3 is 0 Å². The third-order valence-corrected chi connectivity index (χ3v) is 5.48. The molecule has 4 rings (SSSR count). The topological polar surface area (TPSA) is 86.5 Å². The van der Waals surface area contributed by atoms with Gasteiger partial charge < -0.3 is 5.32 Å². The van der Waals surface area contributed by atoms with E-state index >= 15 is 0 Å². The van der Waals surface area contributed by atoms with E-state index in [2.05, 4.69) is 25.7 Å². The largest absolute Gasteiger partial charge is 0.308 e. The van der Waals surface area contributed by atoms with Gasteiger partial charge in [0.15, 0.2) is 5.82 Å². The second-order valence-corrected chi connectivity index (χ2v) is 7.09. The molecule has 24 heavy (non-hydrogen) atoms. The molecule has 1 atom stereocenters. The molecule has 3 N–H and O–H groups in total. The van der Waals surface area contributed by atoms with Crippen LogP contribution >= 0.6 is 23.4 Å². The average molecular weight is 360 g/mol. The Balaban J connectivity index is 1.82. The van der Waals surface area contributed by atoms with Gasteiger partial charge in [-0.1, -0.05) is 23.7 Å². The molecule has 1 aromatic carbocycles. The van der Waals surface area contributed by atoms with E-state index in [4.69, 9.17) is 11.6 Å². The molecule has 1 unspecified atom stereocenters. The van der Waals surface area contributed by atoms with E-state index in [1.165, 1.54) is 0 Å². The Morgan fingerprint density at radius 1 is 1.25 bits per heavy atom. The molecular formula is C16H14ClN5OS. The summed E-state index contributed by atoms with van der Waals surface area (Å²) in [6.45, 7) is 1.96. The highest BCUT2D eigenvalue weighted by Gasteiger charge is 2.30. The molecule has 0 saturated carbocycles. The highest BCUT2D eigenvalue weighted by molar-refractivity contribution is 8.00. The lowest BCUT2D eigenvalue weighted by Gasteiger charge is -2.15. The first-order chi connectivity index (χ1) is 11.6. The van der Waals surface area contributed by atoms with Crippen LogP contribution in [0, 0.1) is 6.92 Å². The van der Waals surface area contributed by atoms with Crippen molar-refractivity contribution in [2.24, 2.45) is 0 Å². The first-order valence-corrected chi connectivity index (χ1v) is 8.81. The van der Waals surface area contributed by atoms with E-state index in [1.807, 2.05) is 37.4 Å². The van der Waals surface area contributed by atoms with Crippen LogP contribution in [0.3, 0.4) is 0 Å². The quantitative estimate of drug-likeness (QED) is 0.653. The van der Waals surface area contributed by atoms with Gasteiger partial charge in [0, 0.05) is 21.8 Å². The number of anilines is 1. The molecule has 0 spiro atoms.